The van der Waals surface area contributed by atoms with Gasteiger partial charge in [-0.2, -0.15) is 10.2 Å². The molecule has 4 heterocycles. The molecule has 0 saturated carbocycles. The summed E-state index contributed by atoms with van der Waals surface area (Å²) < 4.78 is 0. The average molecular weight is 854 g/mol. The molecule has 0 bridgehead atoms. The Morgan fingerprint density at radius 3 is 0.459 bits per heavy atom. The number of rotatable bonds is 0. The molecule has 1 aromatic carbocycles. The summed E-state index contributed by atoms with van der Waals surface area (Å²) in [7, 11) is 0. The van der Waals surface area contributed by atoms with Crippen LogP contribution in [-0.4, -0.2) is 35.1 Å². The van der Waals surface area contributed by atoms with E-state index in [0.717, 1.165) is 29.6 Å². The zero-order valence-electron chi connectivity index (χ0n) is 44.3. The van der Waals surface area contributed by atoms with Crippen LogP contribution in [0.4, 0.5) is 0 Å². The minimum atomic E-state index is 0. The molecular formula is C54H107N7. The summed E-state index contributed by atoms with van der Waals surface area (Å²) >= 11 is 0. The van der Waals surface area contributed by atoms with Crippen LogP contribution in [-0.2, 0) is 0 Å². The van der Waals surface area contributed by atoms with Crippen molar-refractivity contribution in [1.29, 1.82) is 0 Å². The van der Waals surface area contributed by atoms with E-state index in [0.29, 0.717) is 0 Å². The molecule has 7 nitrogen and oxygen atoms in total. The standard InChI is InChI=1S/C6H6.C5H5N.3C4H4N2.5C4H10.5C2H6.CH4/c2*1-2-4-6-5-3-1;1-2-6-4-3-5-1;1-2-5-4-6-3-1;1-2-4-6-5-3-1;5*1-4(2)3;5*1-2;/h1-6H;1-5H;3*1-4H;5*4H,1-3H3;5*1-2H3;1H4. The summed E-state index contributed by atoms with van der Waals surface area (Å²) in [6, 6.07) is 23.1. The highest BCUT2D eigenvalue weighted by molar-refractivity contribution is 4.99. The maximum atomic E-state index is 3.78. The molecule has 5 rings (SSSR count). The molecule has 61 heavy (non-hydrogen) atoms. The van der Waals surface area contributed by atoms with Crippen molar-refractivity contribution in [2.24, 2.45) is 29.6 Å². The van der Waals surface area contributed by atoms with E-state index in [1.54, 1.807) is 68.0 Å². The molecule has 0 aliphatic heterocycles. The second-order valence-corrected chi connectivity index (χ2v) is 13.6. The van der Waals surface area contributed by atoms with Gasteiger partial charge in [-0.05, 0) is 59.9 Å². The van der Waals surface area contributed by atoms with Crippen LogP contribution in [0.5, 0.6) is 0 Å². The molecule has 0 unspecified atom stereocenters. The van der Waals surface area contributed by atoms with Crippen molar-refractivity contribution in [2.45, 2.75) is 181 Å². The van der Waals surface area contributed by atoms with Crippen molar-refractivity contribution in [3.8, 4) is 0 Å². The Bertz CT molecular complexity index is 752. The first-order valence-corrected chi connectivity index (χ1v) is 22.6. The highest BCUT2D eigenvalue weighted by atomic mass is 15.1. The first kappa shape index (κ1) is 84.2. The van der Waals surface area contributed by atoms with Crippen molar-refractivity contribution in [3.05, 3.63) is 141 Å². The molecule has 0 atom stereocenters. The number of aromatic nitrogens is 7. The molecule has 0 N–H and O–H groups in total. The average Bonchev–Trinajstić information content (AvgIpc) is 3.27. The first-order chi connectivity index (χ1) is 28.7. The lowest BCUT2D eigenvalue weighted by Gasteiger charge is -1.79. The van der Waals surface area contributed by atoms with E-state index < -0.39 is 0 Å². The van der Waals surface area contributed by atoms with Crippen molar-refractivity contribution < 1.29 is 0 Å². The van der Waals surface area contributed by atoms with Gasteiger partial charge in [-0.3, -0.25) is 15.0 Å². The molecule has 0 amide bonds. The van der Waals surface area contributed by atoms with Gasteiger partial charge in [0.2, 0.25) is 0 Å². The molecule has 5 aromatic rings. The topological polar surface area (TPSA) is 90.2 Å². The molecule has 0 spiro atoms. The Kier molecular flexibility index (Phi) is 139. The van der Waals surface area contributed by atoms with Gasteiger partial charge in [0.05, 0.1) is 0 Å². The van der Waals surface area contributed by atoms with E-state index in [9.17, 15) is 0 Å². The lowest BCUT2D eigenvalue weighted by molar-refractivity contribution is 0.736. The molecule has 0 saturated heterocycles. The van der Waals surface area contributed by atoms with Gasteiger partial charge in [-0.25, -0.2) is 9.97 Å². The first-order valence-electron chi connectivity index (χ1n) is 22.6. The lowest BCUT2D eigenvalue weighted by atomic mass is 10.3. The second-order valence-electron chi connectivity index (χ2n) is 13.6. The number of pyridine rings is 1. The van der Waals surface area contributed by atoms with Gasteiger partial charge in [0.25, 0.3) is 0 Å². The molecule has 0 radical (unpaired) electrons. The van der Waals surface area contributed by atoms with Crippen LogP contribution in [0, 0.1) is 29.6 Å². The quantitative estimate of drug-likeness (QED) is 0.153. The van der Waals surface area contributed by atoms with Gasteiger partial charge in [-0.15, -0.1) is 0 Å². The van der Waals surface area contributed by atoms with Crippen LogP contribution in [0.3, 0.4) is 0 Å². The molecule has 0 fully saturated rings. The normalized spacial score (nSPS) is 7.38. The predicted octanol–water partition coefficient (Wildman–Crippen LogP) is 18.3. The van der Waals surface area contributed by atoms with Crippen molar-refractivity contribution >= 4 is 0 Å². The molecule has 0 aliphatic rings. The number of hydrogen-bond acceptors (Lipinski definition) is 7. The zero-order valence-corrected chi connectivity index (χ0v) is 44.3. The fraction of sp³-hybridized carbons (Fsp3) is 0.574. The minimum absolute atomic E-state index is 0. The van der Waals surface area contributed by atoms with Gasteiger partial charge in [0.15, 0.2) is 0 Å². The summed E-state index contributed by atoms with van der Waals surface area (Å²) in [5, 5.41) is 7.07. The van der Waals surface area contributed by atoms with E-state index in [4.69, 9.17) is 0 Å². The third-order valence-electron chi connectivity index (χ3n) is 2.67. The van der Waals surface area contributed by atoms with Gasteiger partial charge >= 0.3 is 0 Å². The van der Waals surface area contributed by atoms with Gasteiger partial charge in [0.1, 0.15) is 6.33 Å². The van der Waals surface area contributed by atoms with Gasteiger partial charge in [0, 0.05) is 62.0 Å². The van der Waals surface area contributed by atoms with Crippen LogP contribution in [0.25, 0.3) is 0 Å². The predicted molar refractivity (Wildman–Crippen MR) is 283 cm³/mol. The van der Waals surface area contributed by atoms with Crippen molar-refractivity contribution in [3.63, 3.8) is 0 Å². The van der Waals surface area contributed by atoms with E-state index in [1.807, 2.05) is 136 Å². The van der Waals surface area contributed by atoms with Crippen LogP contribution in [0.2, 0.25) is 0 Å². The van der Waals surface area contributed by atoms with E-state index in [-0.39, 0.29) is 7.43 Å². The smallest absolute Gasteiger partial charge is 0.115 e. The maximum Gasteiger partial charge on any atom is 0.115 e. The second kappa shape index (κ2) is 101. The van der Waals surface area contributed by atoms with Crippen molar-refractivity contribution in [2.75, 3.05) is 0 Å². The van der Waals surface area contributed by atoms with E-state index >= 15 is 0 Å². The molecule has 4 aromatic heterocycles. The minimum Gasteiger partial charge on any atom is -0.265 e. The summed E-state index contributed by atoms with van der Waals surface area (Å²) in [6.45, 7) is 52.5. The third-order valence-corrected chi connectivity index (χ3v) is 2.67. The monoisotopic (exact) mass is 854 g/mol. The van der Waals surface area contributed by atoms with Crippen molar-refractivity contribution in [1.82, 2.24) is 35.1 Å². The fourth-order valence-corrected chi connectivity index (χ4v) is 1.46. The highest BCUT2D eigenvalue weighted by Gasteiger charge is 1.70. The molecule has 0 aliphatic carbocycles. The molecular weight excluding hydrogens is 747 g/mol. The van der Waals surface area contributed by atoms with Gasteiger partial charge < -0.3 is 0 Å². The largest absolute Gasteiger partial charge is 0.265 e. The highest BCUT2D eigenvalue weighted by Crippen LogP contribution is 1.83. The molecule has 7 heteroatoms. The van der Waals surface area contributed by atoms with E-state index in [2.05, 4.69) is 139 Å². The number of benzene rings is 1. The summed E-state index contributed by atoms with van der Waals surface area (Å²) in [4.78, 5) is 18.6. The SMILES string of the molecule is C.CC.CC.CC.CC.CC.CC(C)C.CC(C)C.CC(C)C.CC(C)C.CC(C)C.c1ccccc1.c1ccncc1.c1ccnnc1.c1cnccn1.c1cncnc1. The third kappa shape index (κ3) is 244. The van der Waals surface area contributed by atoms with Crippen LogP contribution >= 0.6 is 0 Å². The van der Waals surface area contributed by atoms with Crippen LogP contribution in [0.15, 0.2) is 141 Å². The Morgan fingerprint density at radius 1 is 0.213 bits per heavy atom. The molecule has 358 valence electrons. The summed E-state index contributed by atoms with van der Waals surface area (Å²) in [6.07, 6.45) is 18.2. The number of hydrogen-bond donors (Lipinski definition) is 0. The fourth-order valence-electron chi connectivity index (χ4n) is 1.46. The van der Waals surface area contributed by atoms with E-state index in [1.165, 1.54) is 6.33 Å². The van der Waals surface area contributed by atoms with Crippen LogP contribution in [0.1, 0.15) is 181 Å². The number of nitrogens with zero attached hydrogens (tertiary/aromatic N) is 7. The Morgan fingerprint density at radius 2 is 0.377 bits per heavy atom. The lowest BCUT2D eigenvalue weighted by Crippen LogP contribution is -1.69. The summed E-state index contributed by atoms with van der Waals surface area (Å²) in [5.74, 6) is 4.17. The Balaban J connectivity index is -0.0000000496. The summed E-state index contributed by atoms with van der Waals surface area (Å²) in [5.41, 5.74) is 0. The maximum absolute atomic E-state index is 3.78. The zero-order chi connectivity index (χ0) is 49.1. The Labute approximate surface area is 385 Å². The Hall–Kier alpha value is -4.39. The van der Waals surface area contributed by atoms with Gasteiger partial charge in [-0.1, -0.05) is 223 Å². The van der Waals surface area contributed by atoms with Crippen LogP contribution < -0.4 is 0 Å².